The monoisotopic (exact) mass is 363 g/mol. The minimum Gasteiger partial charge on any atom is -0.300 e. The second-order valence-electron chi connectivity index (χ2n) is 5.16. The van der Waals surface area contributed by atoms with Crippen LogP contribution >= 0.6 is 0 Å². The molecule has 0 aliphatic heterocycles. The third-order valence-electron chi connectivity index (χ3n) is 2.91. The Labute approximate surface area is 160 Å². The quantitative estimate of drug-likeness (QED) is 0.544. The molecule has 0 aromatic heterocycles. The van der Waals surface area contributed by atoms with Gasteiger partial charge in [-0.2, -0.15) is 0 Å². The highest BCUT2D eigenvalue weighted by molar-refractivity contribution is 5.77. The van der Waals surface area contributed by atoms with Crippen molar-refractivity contribution in [3.05, 3.63) is 83.9 Å². The summed E-state index contributed by atoms with van der Waals surface area (Å²) < 4.78 is 0. The summed E-state index contributed by atoms with van der Waals surface area (Å²) in [5, 5.41) is 0. The molecule has 1 radical (unpaired) electrons. The van der Waals surface area contributed by atoms with E-state index < -0.39 is 0 Å². The van der Waals surface area contributed by atoms with Crippen molar-refractivity contribution < 1.29 is 19.2 Å². The normalized spacial score (nSPS) is 9.52. The summed E-state index contributed by atoms with van der Waals surface area (Å²) in [6.07, 6.45) is 10.3. The molecule has 0 aliphatic carbocycles. The van der Waals surface area contributed by atoms with Gasteiger partial charge in [-0.25, -0.2) is 0 Å². The van der Waals surface area contributed by atoms with Gasteiger partial charge < -0.3 is 4.79 Å². The molecule has 0 amide bonds. The zero-order chi connectivity index (χ0) is 20.2. The van der Waals surface area contributed by atoms with E-state index in [0.29, 0.717) is 6.42 Å². The van der Waals surface area contributed by atoms with Gasteiger partial charge >= 0.3 is 0 Å². The number of aldehydes is 2. The summed E-state index contributed by atoms with van der Waals surface area (Å²) in [4.78, 5) is 39.2. The van der Waals surface area contributed by atoms with E-state index in [9.17, 15) is 19.2 Å². The number of hydrogen-bond donors (Lipinski definition) is 0. The lowest BCUT2D eigenvalue weighted by atomic mass is 10.2. The van der Waals surface area contributed by atoms with Crippen molar-refractivity contribution in [1.82, 2.24) is 0 Å². The number of benzene rings is 2. The highest BCUT2D eigenvalue weighted by Gasteiger charge is 1.88. The van der Waals surface area contributed by atoms with Crippen LogP contribution in [0.2, 0.25) is 0 Å². The molecule has 0 fully saturated rings. The molecule has 4 heteroatoms. The minimum atomic E-state index is 0.0448. The summed E-state index contributed by atoms with van der Waals surface area (Å²) >= 11 is 0. The number of Topliss-reactive ketones (excluding diaryl/α,β-unsaturated/α-hetero) is 1. The predicted octanol–water partition coefficient (Wildman–Crippen LogP) is 4.26. The van der Waals surface area contributed by atoms with Crippen LogP contribution in [-0.4, -0.2) is 24.6 Å². The Morgan fingerprint density at radius 3 is 1.48 bits per heavy atom. The number of allylic oxidation sites excluding steroid dienone is 2. The maximum absolute atomic E-state index is 10.0. The number of carbonyl (C=O) groups excluding carboxylic acids is 4. The maximum atomic E-state index is 10.0. The van der Waals surface area contributed by atoms with Gasteiger partial charge in [-0.05, 0) is 30.2 Å². The van der Waals surface area contributed by atoms with E-state index in [4.69, 9.17) is 0 Å². The summed E-state index contributed by atoms with van der Waals surface area (Å²) in [5.41, 5.74) is 2.10. The Bertz CT molecular complexity index is 663. The number of rotatable bonds is 7. The molecule has 0 atom stereocenters. The first-order chi connectivity index (χ1) is 13.1. The summed E-state index contributed by atoms with van der Waals surface area (Å²) in [6.45, 7) is 1.46. The fourth-order valence-electron chi connectivity index (χ4n) is 1.66. The molecular weight excluding hydrogens is 340 g/mol. The van der Waals surface area contributed by atoms with Crippen molar-refractivity contribution in [2.45, 2.75) is 19.8 Å². The molecule has 0 aliphatic rings. The fourth-order valence-corrected chi connectivity index (χ4v) is 1.66. The summed E-state index contributed by atoms with van der Waals surface area (Å²) in [7, 11) is 0. The Balaban J connectivity index is 0.000000384. The highest BCUT2D eigenvalue weighted by atomic mass is 16.1. The molecule has 0 saturated heterocycles. The summed E-state index contributed by atoms with van der Waals surface area (Å²) in [6, 6.07) is 19.4. The third-order valence-corrected chi connectivity index (χ3v) is 2.91. The number of carbonyl (C=O) groups is 3. The van der Waals surface area contributed by atoms with Crippen LogP contribution in [0.5, 0.6) is 0 Å². The first kappa shape index (κ1) is 23.6. The smallest absolute Gasteiger partial charge is 0.198 e. The van der Waals surface area contributed by atoms with Gasteiger partial charge in [0.25, 0.3) is 0 Å². The molecule has 0 heterocycles. The average molecular weight is 363 g/mol. The largest absolute Gasteiger partial charge is 0.300 e. The second kappa shape index (κ2) is 17.4. The first-order valence-electron chi connectivity index (χ1n) is 8.32. The molecule has 0 N–H and O–H groups in total. The molecular formula is C23H23O4. The first-order valence-corrected chi connectivity index (χ1v) is 8.32. The van der Waals surface area contributed by atoms with Crippen LogP contribution in [0.25, 0.3) is 12.2 Å². The van der Waals surface area contributed by atoms with Crippen LogP contribution in [-0.2, 0) is 19.2 Å². The lowest BCUT2D eigenvalue weighted by molar-refractivity contribution is -0.116. The molecule has 0 bridgehead atoms. The van der Waals surface area contributed by atoms with Crippen LogP contribution in [0.3, 0.4) is 0 Å². The molecule has 2 aromatic carbocycles. The Morgan fingerprint density at radius 2 is 1.22 bits per heavy atom. The van der Waals surface area contributed by atoms with Gasteiger partial charge in [-0.1, -0.05) is 72.8 Å². The van der Waals surface area contributed by atoms with Gasteiger partial charge in [0.05, 0.1) is 0 Å². The van der Waals surface area contributed by atoms with Crippen molar-refractivity contribution in [3.8, 4) is 0 Å². The van der Waals surface area contributed by atoms with Crippen LogP contribution in [0.15, 0.2) is 72.8 Å². The standard InChI is InChI=1S/2C9H8O.C5H7O2/c2*10-8-4-7-9-5-2-1-3-6-9;1-5(7)3-2-4-6/h2*1-8H;2-3H2,1H3/b2*7-4+;. The zero-order valence-corrected chi connectivity index (χ0v) is 15.3. The van der Waals surface area contributed by atoms with Gasteiger partial charge in [0, 0.05) is 12.8 Å². The van der Waals surface area contributed by atoms with E-state index in [1.807, 2.05) is 60.7 Å². The van der Waals surface area contributed by atoms with Gasteiger partial charge in [0.15, 0.2) is 6.29 Å². The molecule has 27 heavy (non-hydrogen) atoms. The van der Waals surface area contributed by atoms with Gasteiger partial charge in [-0.3, -0.25) is 14.4 Å². The zero-order valence-electron chi connectivity index (χ0n) is 15.3. The SMILES string of the molecule is CC(=O)CC[C]=O.O=C/C=C/c1ccccc1.O=C/C=C/c1ccccc1. The topological polar surface area (TPSA) is 68.3 Å². The number of hydrogen-bond acceptors (Lipinski definition) is 4. The molecule has 139 valence electrons. The van der Waals surface area contributed by atoms with Crippen molar-refractivity contribution in [1.29, 1.82) is 0 Å². The van der Waals surface area contributed by atoms with Crippen molar-refractivity contribution in [2.75, 3.05) is 0 Å². The van der Waals surface area contributed by atoms with E-state index in [1.165, 1.54) is 19.1 Å². The molecule has 0 spiro atoms. The van der Waals surface area contributed by atoms with Crippen molar-refractivity contribution >= 4 is 36.8 Å². The third kappa shape index (κ3) is 15.8. The van der Waals surface area contributed by atoms with Gasteiger partial charge in [-0.15, -0.1) is 0 Å². The van der Waals surface area contributed by atoms with Crippen LogP contribution in [0.1, 0.15) is 30.9 Å². The van der Waals surface area contributed by atoms with E-state index in [-0.39, 0.29) is 12.2 Å². The van der Waals surface area contributed by atoms with Crippen LogP contribution < -0.4 is 0 Å². The van der Waals surface area contributed by atoms with E-state index in [0.717, 1.165) is 23.7 Å². The van der Waals surface area contributed by atoms with E-state index >= 15 is 0 Å². The molecule has 4 nitrogen and oxygen atoms in total. The lowest BCUT2D eigenvalue weighted by Crippen LogP contribution is -1.88. The van der Waals surface area contributed by atoms with Gasteiger partial charge in [0.2, 0.25) is 0 Å². The molecule has 0 saturated carbocycles. The Morgan fingerprint density at radius 1 is 0.815 bits per heavy atom. The average Bonchev–Trinajstić information content (AvgIpc) is 2.71. The fraction of sp³-hybridized carbons (Fsp3) is 0.130. The second-order valence-corrected chi connectivity index (χ2v) is 5.16. The number of ketones is 1. The van der Waals surface area contributed by atoms with Crippen molar-refractivity contribution in [3.63, 3.8) is 0 Å². The lowest BCUT2D eigenvalue weighted by Gasteiger charge is -1.86. The Hall–Kier alpha value is -3.40. The highest BCUT2D eigenvalue weighted by Crippen LogP contribution is 1.99. The van der Waals surface area contributed by atoms with E-state index in [1.54, 1.807) is 18.4 Å². The van der Waals surface area contributed by atoms with Crippen molar-refractivity contribution in [2.24, 2.45) is 0 Å². The molecule has 2 rings (SSSR count). The summed E-state index contributed by atoms with van der Waals surface area (Å²) in [5.74, 6) is 0.0448. The minimum absolute atomic E-state index is 0.0448. The van der Waals surface area contributed by atoms with Crippen LogP contribution in [0, 0.1) is 0 Å². The molecule has 2 aromatic rings. The Kier molecular flexibility index (Phi) is 15.2. The molecule has 0 unspecified atom stereocenters. The van der Waals surface area contributed by atoms with Crippen LogP contribution in [0.4, 0.5) is 0 Å². The maximum Gasteiger partial charge on any atom is 0.198 e. The van der Waals surface area contributed by atoms with E-state index in [2.05, 4.69) is 0 Å². The van der Waals surface area contributed by atoms with Gasteiger partial charge in [0.1, 0.15) is 18.4 Å². The predicted molar refractivity (Wildman–Crippen MR) is 109 cm³/mol.